The molecule has 1 aliphatic carbocycles. The molecule has 0 radical (unpaired) electrons. The molecule has 0 fully saturated rings. The first-order chi connectivity index (χ1) is 11.6. The molecule has 3 nitrogen and oxygen atoms in total. The minimum Gasteiger partial charge on any atom is -0.349 e. The zero-order valence-electron chi connectivity index (χ0n) is 17.6. The van der Waals surface area contributed by atoms with Crippen molar-refractivity contribution >= 4 is 11.5 Å². The Hall–Kier alpha value is -2.03. The van der Waals surface area contributed by atoms with Crippen molar-refractivity contribution in [2.24, 2.45) is 4.99 Å². The third-order valence-corrected chi connectivity index (χ3v) is 6.00. The highest BCUT2D eigenvalue weighted by atomic mass is 15.3. The van der Waals surface area contributed by atoms with E-state index >= 15 is 0 Å². The molecule has 0 aromatic heterocycles. The van der Waals surface area contributed by atoms with Crippen LogP contribution < -0.4 is 0 Å². The highest BCUT2D eigenvalue weighted by Gasteiger charge is 2.33. The lowest BCUT2D eigenvalue weighted by molar-refractivity contribution is 0.489. The van der Waals surface area contributed by atoms with Gasteiger partial charge in [-0.25, -0.2) is 0 Å². The van der Waals surface area contributed by atoms with Gasteiger partial charge in [-0.05, 0) is 79.1 Å². The van der Waals surface area contributed by atoms with E-state index in [2.05, 4.69) is 65.1 Å². The average Bonchev–Trinajstić information content (AvgIpc) is 2.81. The Balaban J connectivity index is 2.62. The number of likely N-dealkylation sites (N-methyl/N-ethyl adjacent to an activating group) is 1. The van der Waals surface area contributed by atoms with Crippen molar-refractivity contribution in [2.75, 3.05) is 28.2 Å². The Morgan fingerprint density at radius 1 is 0.920 bits per heavy atom. The molecule has 0 N–H and O–H groups in total. The van der Waals surface area contributed by atoms with E-state index in [1.54, 1.807) is 0 Å². The van der Waals surface area contributed by atoms with Crippen LogP contribution >= 0.6 is 0 Å². The van der Waals surface area contributed by atoms with Crippen molar-refractivity contribution in [3.63, 3.8) is 0 Å². The van der Waals surface area contributed by atoms with Crippen LogP contribution in [0, 0.1) is 27.7 Å². The van der Waals surface area contributed by atoms with Gasteiger partial charge in [0, 0.05) is 39.8 Å². The molecular formula is C22H33N3. The second-order valence-corrected chi connectivity index (χ2v) is 7.47. The maximum atomic E-state index is 4.44. The van der Waals surface area contributed by atoms with Gasteiger partial charge in [0.2, 0.25) is 0 Å². The minimum atomic E-state index is 0.350. The van der Waals surface area contributed by atoms with Gasteiger partial charge in [-0.2, -0.15) is 0 Å². The van der Waals surface area contributed by atoms with E-state index in [0.29, 0.717) is 5.92 Å². The van der Waals surface area contributed by atoms with Gasteiger partial charge in [-0.15, -0.1) is 0 Å². The van der Waals surface area contributed by atoms with Crippen molar-refractivity contribution in [3.05, 3.63) is 51.2 Å². The average molecular weight is 340 g/mol. The van der Waals surface area contributed by atoms with Crippen LogP contribution in [0.5, 0.6) is 0 Å². The Bertz CT molecular complexity index is 794. The van der Waals surface area contributed by atoms with E-state index in [0.717, 1.165) is 11.7 Å². The molecule has 1 atom stereocenters. The summed E-state index contributed by atoms with van der Waals surface area (Å²) in [6, 6.07) is 0. The fourth-order valence-corrected chi connectivity index (χ4v) is 4.39. The zero-order chi connectivity index (χ0) is 19.2. The van der Waals surface area contributed by atoms with Crippen molar-refractivity contribution in [1.82, 2.24) is 9.80 Å². The summed E-state index contributed by atoms with van der Waals surface area (Å²) in [4.78, 5) is 8.56. The lowest BCUT2D eigenvalue weighted by Crippen LogP contribution is -2.37. The Morgan fingerprint density at radius 2 is 1.44 bits per heavy atom. The van der Waals surface area contributed by atoms with Crippen LogP contribution in [0.3, 0.4) is 0 Å². The number of rotatable bonds is 2. The number of nitrogens with zero attached hydrogens (tertiary/aromatic N) is 3. The molecule has 2 rings (SSSR count). The number of aliphatic imine (C=N–C) groups is 1. The second-order valence-electron chi connectivity index (χ2n) is 7.47. The smallest absolute Gasteiger partial charge is 0.200 e. The van der Waals surface area contributed by atoms with Gasteiger partial charge in [-0.3, -0.25) is 4.99 Å². The fourth-order valence-electron chi connectivity index (χ4n) is 4.39. The first-order valence-electron chi connectivity index (χ1n) is 8.94. The molecule has 0 bridgehead atoms. The summed E-state index contributed by atoms with van der Waals surface area (Å²) >= 11 is 0. The minimum absolute atomic E-state index is 0.350. The van der Waals surface area contributed by atoms with E-state index in [9.17, 15) is 0 Å². The van der Waals surface area contributed by atoms with Gasteiger partial charge in [0.1, 0.15) is 0 Å². The van der Waals surface area contributed by atoms with Gasteiger partial charge in [0.25, 0.3) is 0 Å². The predicted molar refractivity (Wildman–Crippen MR) is 110 cm³/mol. The summed E-state index contributed by atoms with van der Waals surface area (Å²) in [6.45, 7) is 18.0. The third-order valence-electron chi connectivity index (χ3n) is 6.00. The summed E-state index contributed by atoms with van der Waals surface area (Å²) in [5.41, 5.74) is 12.3. The summed E-state index contributed by atoms with van der Waals surface area (Å²) in [5.74, 6) is 1.26. The Labute approximate surface area is 153 Å². The normalized spacial score (nSPS) is 17.0. The third kappa shape index (κ3) is 2.80. The highest BCUT2D eigenvalue weighted by Crippen LogP contribution is 2.49. The van der Waals surface area contributed by atoms with Crippen LogP contribution in [-0.4, -0.2) is 44.0 Å². The maximum absolute atomic E-state index is 4.44. The van der Waals surface area contributed by atoms with Crippen molar-refractivity contribution in [1.29, 1.82) is 0 Å². The van der Waals surface area contributed by atoms with Gasteiger partial charge >= 0.3 is 0 Å². The van der Waals surface area contributed by atoms with Crippen LogP contribution in [0.4, 0.5) is 0 Å². The molecule has 0 saturated carbocycles. The quantitative estimate of drug-likeness (QED) is 0.569. The maximum Gasteiger partial charge on any atom is 0.200 e. The van der Waals surface area contributed by atoms with E-state index < -0.39 is 0 Å². The number of hydrogen-bond donors (Lipinski definition) is 0. The number of guanidine groups is 1. The summed E-state index contributed by atoms with van der Waals surface area (Å²) in [6.07, 6.45) is 0. The molecule has 0 heterocycles. The Morgan fingerprint density at radius 3 is 1.92 bits per heavy atom. The van der Waals surface area contributed by atoms with Crippen molar-refractivity contribution in [3.8, 4) is 0 Å². The van der Waals surface area contributed by atoms with Crippen molar-refractivity contribution in [2.45, 2.75) is 47.5 Å². The largest absolute Gasteiger partial charge is 0.349 e. The summed E-state index contributed by atoms with van der Waals surface area (Å²) < 4.78 is 0. The van der Waals surface area contributed by atoms with E-state index in [4.69, 9.17) is 0 Å². The number of fused-ring (bicyclic) bond motifs is 1. The van der Waals surface area contributed by atoms with Crippen molar-refractivity contribution < 1.29 is 0 Å². The van der Waals surface area contributed by atoms with Crippen LogP contribution in [0.25, 0.3) is 5.57 Å². The standard InChI is InChI=1S/C22H33N3/c1-12-13(2)15(4)21-17(6)19(16(5)20(21)14(12)3)18(7)25(11)22(23-8)24(9)10/h16H,7H2,1-6,8-11H3/b23-22+. The molecule has 1 unspecified atom stereocenters. The summed E-state index contributed by atoms with van der Waals surface area (Å²) in [7, 11) is 7.91. The molecular weight excluding hydrogens is 306 g/mol. The monoisotopic (exact) mass is 339 g/mol. The molecule has 0 saturated heterocycles. The molecule has 25 heavy (non-hydrogen) atoms. The van der Waals surface area contributed by atoms with E-state index in [-0.39, 0.29) is 0 Å². The first-order valence-corrected chi connectivity index (χ1v) is 8.94. The van der Waals surface area contributed by atoms with E-state index in [1.165, 1.54) is 44.5 Å². The summed E-state index contributed by atoms with van der Waals surface area (Å²) in [5, 5.41) is 0. The highest BCUT2D eigenvalue weighted by molar-refractivity contribution is 5.87. The molecule has 0 spiro atoms. The van der Waals surface area contributed by atoms with Gasteiger partial charge in [0.05, 0.1) is 0 Å². The van der Waals surface area contributed by atoms with Gasteiger partial charge in [-0.1, -0.05) is 13.5 Å². The molecule has 0 aliphatic heterocycles. The molecule has 0 amide bonds. The number of hydrogen-bond acceptors (Lipinski definition) is 1. The van der Waals surface area contributed by atoms with Crippen LogP contribution in [-0.2, 0) is 0 Å². The number of benzene rings is 1. The van der Waals surface area contributed by atoms with Gasteiger partial charge in [0.15, 0.2) is 5.96 Å². The topological polar surface area (TPSA) is 18.8 Å². The van der Waals surface area contributed by atoms with Gasteiger partial charge < -0.3 is 9.80 Å². The molecule has 1 aliphatic rings. The molecule has 136 valence electrons. The number of allylic oxidation sites excluding steroid dienone is 2. The first kappa shape index (κ1) is 19.3. The van der Waals surface area contributed by atoms with E-state index in [1.807, 2.05) is 26.0 Å². The lowest BCUT2D eigenvalue weighted by Gasteiger charge is -2.30. The predicted octanol–water partition coefficient (Wildman–Crippen LogP) is 4.80. The Kier molecular flexibility index (Phi) is 5.17. The van der Waals surface area contributed by atoms with Crippen LogP contribution in [0.2, 0.25) is 0 Å². The molecule has 1 aromatic rings. The van der Waals surface area contributed by atoms with Crippen LogP contribution in [0.1, 0.15) is 53.1 Å². The zero-order valence-corrected chi connectivity index (χ0v) is 17.6. The fraction of sp³-hybridized carbons (Fsp3) is 0.500. The lowest BCUT2D eigenvalue weighted by atomic mass is 9.85. The van der Waals surface area contributed by atoms with Crippen LogP contribution in [0.15, 0.2) is 22.8 Å². The second kappa shape index (κ2) is 6.70. The molecule has 1 aromatic carbocycles. The molecule has 3 heteroatoms. The SMILES string of the molecule is C=C(C1=C(C)c2c(C)c(C)c(C)c(C)c2C1C)N(C)/C(=N/C)N(C)C.